The molecule has 0 saturated heterocycles. The summed E-state index contributed by atoms with van der Waals surface area (Å²) in [6.07, 6.45) is 2.44. The van der Waals surface area contributed by atoms with Crippen molar-refractivity contribution in [2.75, 3.05) is 17.7 Å². The normalized spacial score (nSPS) is 16.0. The predicted octanol–water partition coefficient (Wildman–Crippen LogP) is 4.30. The first-order valence-electron chi connectivity index (χ1n) is 11.5. The second kappa shape index (κ2) is 6.85. The van der Waals surface area contributed by atoms with Crippen LogP contribution in [0.5, 0.6) is 5.75 Å². The molecule has 34 heavy (non-hydrogen) atoms. The Hall–Kier alpha value is -3.33. The number of benzene rings is 2. The van der Waals surface area contributed by atoms with Crippen LogP contribution in [0.3, 0.4) is 0 Å². The highest BCUT2D eigenvalue weighted by molar-refractivity contribution is 7.90. The number of ether oxygens (including phenoxy) is 1. The molecule has 0 fully saturated rings. The molecule has 0 amide bonds. The molecule has 0 saturated carbocycles. The smallest absolute Gasteiger partial charge is 0.238 e. The fourth-order valence-electron chi connectivity index (χ4n) is 5.42. The number of hydrogen-bond acceptors (Lipinski definition) is 6. The SMILES string of the molecule is CCS(=O)(=O)n1ccc2c(-c3c(C)c4c(c5c3OCC5)NC(C)(C)c3nnc(C)n3-4)cccc21. The van der Waals surface area contributed by atoms with Crippen LogP contribution in [0.1, 0.15) is 43.5 Å². The lowest BCUT2D eigenvalue weighted by molar-refractivity contribution is 0.358. The minimum atomic E-state index is -3.41. The molecule has 2 aromatic carbocycles. The summed E-state index contributed by atoms with van der Waals surface area (Å²) in [4.78, 5) is 0. The summed E-state index contributed by atoms with van der Waals surface area (Å²) in [5.41, 5.74) is 6.51. The van der Waals surface area contributed by atoms with E-state index in [9.17, 15) is 8.42 Å². The standard InChI is InChI=1S/C25H27N5O3S/c1-6-34(31,32)29-12-10-16-17(8-7-9-19(16)29)20-14(2)22-21(18-11-13-33-23(18)20)26-25(4,5)24-28-27-15(3)30(22)24/h7-10,12,26H,6,11,13H2,1-5H3. The fourth-order valence-corrected chi connectivity index (χ4v) is 6.40. The van der Waals surface area contributed by atoms with Gasteiger partial charge in [-0.2, -0.15) is 0 Å². The lowest BCUT2D eigenvalue weighted by Crippen LogP contribution is -2.36. The Morgan fingerprint density at radius 1 is 1.18 bits per heavy atom. The van der Waals surface area contributed by atoms with Crippen LogP contribution in [0.4, 0.5) is 5.69 Å². The summed E-state index contributed by atoms with van der Waals surface area (Å²) < 4.78 is 35.1. The molecule has 8 nitrogen and oxygen atoms in total. The summed E-state index contributed by atoms with van der Waals surface area (Å²) in [5, 5.41) is 13.5. The highest BCUT2D eigenvalue weighted by atomic mass is 32.2. The molecule has 0 radical (unpaired) electrons. The van der Waals surface area contributed by atoms with E-state index < -0.39 is 10.0 Å². The summed E-state index contributed by atoms with van der Waals surface area (Å²) in [6.45, 7) is 10.6. The largest absolute Gasteiger partial charge is 0.492 e. The van der Waals surface area contributed by atoms with Crippen molar-refractivity contribution in [2.45, 2.75) is 46.6 Å². The average Bonchev–Trinajstić information content (AvgIpc) is 3.52. The Balaban J connectivity index is 1.70. The van der Waals surface area contributed by atoms with Crippen LogP contribution in [0.2, 0.25) is 0 Å². The summed E-state index contributed by atoms with van der Waals surface area (Å²) >= 11 is 0. The molecule has 2 aliphatic rings. The van der Waals surface area contributed by atoms with E-state index in [2.05, 4.69) is 40.9 Å². The first kappa shape index (κ1) is 21.2. The lowest BCUT2D eigenvalue weighted by Gasteiger charge is -2.36. The molecule has 6 rings (SSSR count). The number of hydrogen-bond donors (Lipinski definition) is 1. The van der Waals surface area contributed by atoms with Crippen molar-refractivity contribution in [1.82, 2.24) is 18.7 Å². The minimum absolute atomic E-state index is 0.0362. The van der Waals surface area contributed by atoms with E-state index in [1.807, 2.05) is 31.2 Å². The highest BCUT2D eigenvalue weighted by Gasteiger charge is 2.39. The topological polar surface area (TPSA) is 91.0 Å². The first-order valence-corrected chi connectivity index (χ1v) is 13.1. The van der Waals surface area contributed by atoms with Crippen molar-refractivity contribution in [3.05, 3.63) is 53.2 Å². The van der Waals surface area contributed by atoms with Crippen LogP contribution < -0.4 is 10.1 Å². The molecule has 1 N–H and O–H groups in total. The third kappa shape index (κ3) is 2.67. The van der Waals surface area contributed by atoms with Crippen LogP contribution in [-0.4, -0.2) is 39.5 Å². The van der Waals surface area contributed by atoms with Crippen LogP contribution >= 0.6 is 0 Å². The van der Waals surface area contributed by atoms with Crippen LogP contribution in [0, 0.1) is 13.8 Å². The second-order valence-corrected chi connectivity index (χ2v) is 11.7. The molecule has 9 heteroatoms. The molecular formula is C25H27N5O3S. The summed E-state index contributed by atoms with van der Waals surface area (Å²) in [5.74, 6) is 2.60. The maximum absolute atomic E-state index is 12.7. The van der Waals surface area contributed by atoms with Gasteiger partial charge in [-0.3, -0.25) is 4.57 Å². The maximum Gasteiger partial charge on any atom is 0.238 e. The Morgan fingerprint density at radius 3 is 2.74 bits per heavy atom. The quantitative estimate of drug-likeness (QED) is 0.473. The number of anilines is 1. The number of aromatic nitrogens is 4. The van der Waals surface area contributed by atoms with Crippen LogP contribution in [0.25, 0.3) is 27.7 Å². The van der Waals surface area contributed by atoms with Gasteiger partial charge in [0.25, 0.3) is 0 Å². The van der Waals surface area contributed by atoms with Gasteiger partial charge < -0.3 is 10.1 Å². The van der Waals surface area contributed by atoms with Gasteiger partial charge in [-0.25, -0.2) is 12.4 Å². The van der Waals surface area contributed by atoms with Crippen molar-refractivity contribution in [3.8, 4) is 22.6 Å². The lowest BCUT2D eigenvalue weighted by atomic mass is 9.88. The van der Waals surface area contributed by atoms with E-state index in [1.165, 1.54) is 3.97 Å². The van der Waals surface area contributed by atoms with Gasteiger partial charge in [-0.05, 0) is 57.9 Å². The highest BCUT2D eigenvalue weighted by Crippen LogP contribution is 2.52. The van der Waals surface area contributed by atoms with E-state index in [0.29, 0.717) is 12.1 Å². The van der Waals surface area contributed by atoms with Crippen molar-refractivity contribution in [3.63, 3.8) is 0 Å². The molecule has 0 bridgehead atoms. The second-order valence-electron chi connectivity index (χ2n) is 9.54. The third-order valence-electron chi connectivity index (χ3n) is 7.04. The van der Waals surface area contributed by atoms with Gasteiger partial charge in [-0.1, -0.05) is 12.1 Å². The Kier molecular flexibility index (Phi) is 4.27. The average molecular weight is 478 g/mol. The van der Waals surface area contributed by atoms with Crippen molar-refractivity contribution in [1.29, 1.82) is 0 Å². The Labute approximate surface area is 198 Å². The van der Waals surface area contributed by atoms with E-state index in [4.69, 9.17) is 4.74 Å². The zero-order valence-electron chi connectivity index (χ0n) is 19.9. The molecule has 0 unspecified atom stereocenters. The van der Waals surface area contributed by atoms with Crippen molar-refractivity contribution < 1.29 is 13.2 Å². The molecule has 2 aliphatic heterocycles. The van der Waals surface area contributed by atoms with Gasteiger partial charge in [0, 0.05) is 29.1 Å². The third-order valence-corrected chi connectivity index (χ3v) is 8.69. The zero-order valence-corrected chi connectivity index (χ0v) is 20.7. The molecule has 0 spiro atoms. The van der Waals surface area contributed by atoms with E-state index in [0.717, 1.165) is 62.8 Å². The van der Waals surface area contributed by atoms with E-state index in [1.54, 1.807) is 13.1 Å². The number of aryl methyl sites for hydroxylation is 1. The number of nitrogens with one attached hydrogen (secondary N) is 1. The van der Waals surface area contributed by atoms with E-state index >= 15 is 0 Å². The van der Waals surface area contributed by atoms with Gasteiger partial charge in [0.2, 0.25) is 10.0 Å². The summed E-state index contributed by atoms with van der Waals surface area (Å²) in [6, 6.07) is 7.69. The van der Waals surface area contributed by atoms with Gasteiger partial charge in [0.15, 0.2) is 5.82 Å². The molecule has 2 aromatic heterocycles. The fraction of sp³-hybridized carbons (Fsp3) is 0.360. The van der Waals surface area contributed by atoms with E-state index in [-0.39, 0.29) is 11.3 Å². The zero-order chi connectivity index (χ0) is 24.0. The molecular weight excluding hydrogens is 450 g/mol. The van der Waals surface area contributed by atoms with Crippen LogP contribution in [0.15, 0.2) is 30.5 Å². The number of fused-ring (bicyclic) bond motifs is 6. The number of nitrogens with zero attached hydrogens (tertiary/aromatic N) is 4. The summed E-state index contributed by atoms with van der Waals surface area (Å²) in [7, 11) is -3.41. The maximum atomic E-state index is 12.7. The molecule has 4 heterocycles. The molecule has 176 valence electrons. The molecule has 0 atom stereocenters. The van der Waals surface area contributed by atoms with Crippen LogP contribution in [-0.2, 0) is 22.0 Å². The first-order chi connectivity index (χ1) is 16.2. The van der Waals surface area contributed by atoms with Gasteiger partial charge in [0.1, 0.15) is 11.6 Å². The van der Waals surface area contributed by atoms with Gasteiger partial charge >= 0.3 is 0 Å². The number of rotatable bonds is 3. The Bertz CT molecular complexity index is 1610. The predicted molar refractivity (Wildman–Crippen MR) is 132 cm³/mol. The van der Waals surface area contributed by atoms with Crippen molar-refractivity contribution in [2.24, 2.45) is 0 Å². The molecule has 0 aliphatic carbocycles. The minimum Gasteiger partial charge on any atom is -0.492 e. The van der Waals surface area contributed by atoms with Crippen molar-refractivity contribution >= 4 is 26.6 Å². The Morgan fingerprint density at radius 2 is 1.97 bits per heavy atom. The van der Waals surface area contributed by atoms with Gasteiger partial charge in [0.05, 0.1) is 34.8 Å². The monoisotopic (exact) mass is 477 g/mol. The molecule has 4 aromatic rings. The van der Waals surface area contributed by atoms with Gasteiger partial charge in [-0.15, -0.1) is 10.2 Å².